The number of nitrogens with one attached hydrogen (secondary N) is 1. The van der Waals surface area contributed by atoms with Gasteiger partial charge in [-0.25, -0.2) is 0 Å². The van der Waals surface area contributed by atoms with Gasteiger partial charge in [0.1, 0.15) is 0 Å². The number of hydrogen-bond donors (Lipinski definition) is 1. The summed E-state index contributed by atoms with van der Waals surface area (Å²) >= 11 is 0. The summed E-state index contributed by atoms with van der Waals surface area (Å²) in [6.07, 6.45) is -1.77. The molecule has 1 nitrogen and oxygen atoms in total. The van der Waals surface area contributed by atoms with E-state index in [0.29, 0.717) is 5.56 Å². The highest BCUT2D eigenvalue weighted by Gasteiger charge is 2.35. The van der Waals surface area contributed by atoms with Crippen LogP contribution < -0.4 is 5.32 Å². The normalized spacial score (nSPS) is 20.8. The van der Waals surface area contributed by atoms with Crippen molar-refractivity contribution < 1.29 is 13.2 Å². The van der Waals surface area contributed by atoms with Gasteiger partial charge in [-0.05, 0) is 43.0 Å². The zero-order valence-electron chi connectivity index (χ0n) is 9.77. The van der Waals surface area contributed by atoms with Crippen molar-refractivity contribution in [2.24, 2.45) is 0 Å². The molecule has 2 rings (SSSR count). The Bertz CT molecular complexity index is 392. The topological polar surface area (TPSA) is 12.0 Å². The minimum absolute atomic E-state index is 0.141. The first-order valence-electron chi connectivity index (χ1n) is 5.95. The van der Waals surface area contributed by atoms with Gasteiger partial charge in [-0.1, -0.05) is 19.1 Å². The van der Waals surface area contributed by atoms with Gasteiger partial charge in [-0.15, -0.1) is 0 Å². The average molecular weight is 243 g/mol. The highest BCUT2D eigenvalue weighted by Crippen LogP contribution is 2.37. The van der Waals surface area contributed by atoms with E-state index < -0.39 is 11.7 Å². The van der Waals surface area contributed by atoms with Crippen LogP contribution in [0.5, 0.6) is 0 Å². The second kappa shape index (κ2) is 4.69. The van der Waals surface area contributed by atoms with Crippen LogP contribution >= 0.6 is 0 Å². The summed E-state index contributed by atoms with van der Waals surface area (Å²) < 4.78 is 38.7. The number of halogens is 3. The molecule has 1 fully saturated rings. The minimum atomic E-state index is -4.26. The standard InChI is InChI=1S/C13H16F3N/c1-2-9-5-6-11(13(14,15)16)10(8-9)12-4-3-7-17-12/h5-6,8,12,17H,2-4,7H2,1H3. The van der Waals surface area contributed by atoms with Crippen molar-refractivity contribution in [1.82, 2.24) is 5.32 Å². The van der Waals surface area contributed by atoms with Crippen LogP contribution in [0.25, 0.3) is 0 Å². The van der Waals surface area contributed by atoms with Gasteiger partial charge in [0.2, 0.25) is 0 Å². The van der Waals surface area contributed by atoms with Crippen molar-refractivity contribution in [3.05, 3.63) is 34.9 Å². The van der Waals surface area contributed by atoms with Crippen LogP contribution in [-0.4, -0.2) is 6.54 Å². The van der Waals surface area contributed by atoms with Gasteiger partial charge >= 0.3 is 6.18 Å². The Balaban J connectivity index is 2.43. The second-order valence-electron chi connectivity index (χ2n) is 4.42. The van der Waals surface area contributed by atoms with Crippen molar-refractivity contribution in [3.8, 4) is 0 Å². The molecule has 1 N–H and O–H groups in total. The first kappa shape index (κ1) is 12.4. The summed E-state index contributed by atoms with van der Waals surface area (Å²) in [7, 11) is 0. The Morgan fingerprint density at radius 2 is 2.12 bits per heavy atom. The fourth-order valence-corrected chi connectivity index (χ4v) is 2.33. The molecule has 17 heavy (non-hydrogen) atoms. The van der Waals surface area contributed by atoms with Gasteiger partial charge in [0.05, 0.1) is 5.56 Å². The molecular weight excluding hydrogens is 227 g/mol. The van der Waals surface area contributed by atoms with E-state index in [1.807, 2.05) is 6.92 Å². The van der Waals surface area contributed by atoms with Crippen LogP contribution in [0.2, 0.25) is 0 Å². The molecule has 0 saturated carbocycles. The predicted molar refractivity (Wildman–Crippen MR) is 60.8 cm³/mol. The fourth-order valence-electron chi connectivity index (χ4n) is 2.33. The van der Waals surface area contributed by atoms with Crippen LogP contribution in [0.3, 0.4) is 0 Å². The molecule has 1 unspecified atom stereocenters. The minimum Gasteiger partial charge on any atom is -0.310 e. The van der Waals surface area contributed by atoms with Crippen LogP contribution in [0, 0.1) is 0 Å². The van der Waals surface area contributed by atoms with E-state index in [1.54, 1.807) is 12.1 Å². The highest BCUT2D eigenvalue weighted by molar-refractivity contribution is 5.37. The van der Waals surface area contributed by atoms with E-state index >= 15 is 0 Å². The maximum atomic E-state index is 12.9. The van der Waals surface area contributed by atoms with Gasteiger partial charge in [0, 0.05) is 6.04 Å². The van der Waals surface area contributed by atoms with Crippen LogP contribution in [-0.2, 0) is 12.6 Å². The summed E-state index contributed by atoms with van der Waals surface area (Å²) in [4.78, 5) is 0. The van der Waals surface area contributed by atoms with Crippen molar-refractivity contribution in [2.75, 3.05) is 6.54 Å². The summed E-state index contributed by atoms with van der Waals surface area (Å²) in [6.45, 7) is 2.76. The molecule has 0 aromatic heterocycles. The Kier molecular flexibility index (Phi) is 3.43. The smallest absolute Gasteiger partial charge is 0.310 e. The second-order valence-corrected chi connectivity index (χ2v) is 4.42. The first-order valence-corrected chi connectivity index (χ1v) is 5.95. The number of alkyl halides is 3. The molecule has 0 spiro atoms. The molecule has 0 amide bonds. The molecule has 0 radical (unpaired) electrons. The molecule has 1 aliphatic heterocycles. The monoisotopic (exact) mass is 243 g/mol. The van der Waals surface area contributed by atoms with E-state index in [0.717, 1.165) is 31.4 Å². The molecule has 94 valence electrons. The third-order valence-electron chi connectivity index (χ3n) is 3.27. The van der Waals surface area contributed by atoms with Crippen LogP contribution in [0.15, 0.2) is 18.2 Å². The molecule has 1 saturated heterocycles. The van der Waals surface area contributed by atoms with Gasteiger partial charge < -0.3 is 5.32 Å². The largest absolute Gasteiger partial charge is 0.416 e. The number of benzene rings is 1. The maximum absolute atomic E-state index is 12.9. The number of rotatable bonds is 2. The summed E-state index contributed by atoms with van der Waals surface area (Å²) in [6, 6.07) is 4.35. The van der Waals surface area contributed by atoms with Crippen LogP contribution in [0.4, 0.5) is 13.2 Å². The maximum Gasteiger partial charge on any atom is 0.416 e. The quantitative estimate of drug-likeness (QED) is 0.835. The Morgan fingerprint density at radius 1 is 1.35 bits per heavy atom. The van der Waals surface area contributed by atoms with Crippen molar-refractivity contribution in [3.63, 3.8) is 0 Å². The lowest BCUT2D eigenvalue weighted by Crippen LogP contribution is -2.18. The number of aryl methyl sites for hydroxylation is 1. The van der Waals surface area contributed by atoms with E-state index in [4.69, 9.17) is 0 Å². The molecule has 1 aromatic rings. The fraction of sp³-hybridized carbons (Fsp3) is 0.538. The van der Waals surface area contributed by atoms with Gasteiger partial charge in [-0.3, -0.25) is 0 Å². The molecule has 1 atom stereocenters. The molecule has 1 aliphatic rings. The SMILES string of the molecule is CCc1ccc(C(F)(F)F)c(C2CCCN2)c1. The van der Waals surface area contributed by atoms with E-state index in [1.165, 1.54) is 6.07 Å². The highest BCUT2D eigenvalue weighted by atomic mass is 19.4. The van der Waals surface area contributed by atoms with Crippen molar-refractivity contribution >= 4 is 0 Å². The van der Waals surface area contributed by atoms with Crippen LogP contribution in [0.1, 0.15) is 42.5 Å². The van der Waals surface area contributed by atoms with E-state index in [2.05, 4.69) is 5.32 Å². The molecular formula is C13H16F3N. The van der Waals surface area contributed by atoms with E-state index in [9.17, 15) is 13.2 Å². The molecule has 0 aliphatic carbocycles. The summed E-state index contributed by atoms with van der Waals surface area (Å²) in [5, 5.41) is 3.14. The van der Waals surface area contributed by atoms with Crippen molar-refractivity contribution in [2.45, 2.75) is 38.4 Å². The Hall–Kier alpha value is -1.03. The van der Waals surface area contributed by atoms with Gasteiger partial charge in [0.15, 0.2) is 0 Å². The lowest BCUT2D eigenvalue weighted by molar-refractivity contribution is -0.138. The van der Waals surface area contributed by atoms with Gasteiger partial charge in [-0.2, -0.15) is 13.2 Å². The third kappa shape index (κ3) is 2.63. The number of hydrogen-bond acceptors (Lipinski definition) is 1. The Labute approximate surface area is 99.0 Å². The molecule has 0 bridgehead atoms. The summed E-state index contributed by atoms with van der Waals surface area (Å²) in [5.74, 6) is 0. The zero-order chi connectivity index (χ0) is 12.5. The van der Waals surface area contributed by atoms with Gasteiger partial charge in [0.25, 0.3) is 0 Å². The molecule has 1 aromatic carbocycles. The van der Waals surface area contributed by atoms with Crippen molar-refractivity contribution in [1.29, 1.82) is 0 Å². The lowest BCUT2D eigenvalue weighted by atomic mass is 9.95. The predicted octanol–water partition coefficient (Wildman–Crippen LogP) is 3.69. The first-order chi connectivity index (χ1) is 8.02. The average Bonchev–Trinajstić information content (AvgIpc) is 2.80. The Morgan fingerprint density at radius 3 is 2.65 bits per heavy atom. The van der Waals surface area contributed by atoms with E-state index in [-0.39, 0.29) is 6.04 Å². The third-order valence-corrected chi connectivity index (χ3v) is 3.27. The molecule has 1 heterocycles. The molecule has 4 heteroatoms. The lowest BCUT2D eigenvalue weighted by Gasteiger charge is -2.19. The summed E-state index contributed by atoms with van der Waals surface area (Å²) in [5.41, 5.74) is 0.880. The zero-order valence-corrected chi connectivity index (χ0v) is 9.77.